The highest BCUT2D eigenvalue weighted by molar-refractivity contribution is 7.52. The number of rotatable bonds is 18. The van der Waals surface area contributed by atoms with Gasteiger partial charge >= 0.3 is 7.82 Å². The van der Waals surface area contributed by atoms with Crippen LogP contribution in [0.4, 0.5) is 5.82 Å². The van der Waals surface area contributed by atoms with E-state index in [9.17, 15) is 4.57 Å². The van der Waals surface area contributed by atoms with Gasteiger partial charge in [-0.05, 0) is 78.6 Å². The Bertz CT molecular complexity index is 1220. The number of anilines is 1. The van der Waals surface area contributed by atoms with E-state index in [1.807, 2.05) is 43.8 Å². The maximum absolute atomic E-state index is 13.9. The molecule has 43 heavy (non-hydrogen) atoms. The molecule has 2 atom stereocenters. The molecule has 12 nitrogen and oxygen atoms in total. The number of nitrogens with zero attached hydrogens (tertiary/aromatic N) is 4. The van der Waals surface area contributed by atoms with Crippen LogP contribution in [0.3, 0.4) is 0 Å². The Labute approximate surface area is 264 Å². The molecule has 2 aromatic heterocycles. The molecule has 0 radical (unpaired) electrons. The first-order valence-electron chi connectivity index (χ1n) is 14.8. The third kappa shape index (κ3) is 15.0. The highest BCUT2D eigenvalue weighted by Crippen LogP contribution is 2.54. The Morgan fingerprint density at radius 2 is 1.28 bits per heavy atom. The van der Waals surface area contributed by atoms with Crippen LogP contribution >= 0.6 is 7.82 Å². The summed E-state index contributed by atoms with van der Waals surface area (Å²) in [4.78, 5) is 17.2. The number of imidazole rings is 1. The van der Waals surface area contributed by atoms with Gasteiger partial charge in [-0.25, -0.2) is 19.5 Å². The highest BCUT2D eigenvalue weighted by atomic mass is 31.2. The molecule has 18 heteroatoms. The second kappa shape index (κ2) is 14.5. The number of nitrogens with one attached hydrogen (secondary N) is 1. The van der Waals surface area contributed by atoms with Gasteiger partial charge in [0.25, 0.3) is 0 Å². The van der Waals surface area contributed by atoms with Crippen molar-refractivity contribution in [1.82, 2.24) is 19.5 Å². The Morgan fingerprint density at radius 3 is 1.77 bits per heavy atom. The standard InChI is InChI=1S/C25H56N5O7PSi5/c1-39(2,3)29-24-23-25(27-19-26-24)30(20-28-23)22(18-34-41(7,8)9)35-21(17-33-40(4,5)6)16-32-38(31,36-42(10,11)12)37-43(13,14)15/h19-22H,16-18H2,1-15H3,(H,26,27,29). The third-order valence-electron chi connectivity index (χ3n) is 5.06. The molecule has 0 aliphatic heterocycles. The van der Waals surface area contributed by atoms with Crippen LogP contribution in [0.1, 0.15) is 6.23 Å². The van der Waals surface area contributed by atoms with Crippen LogP contribution in [-0.2, 0) is 31.1 Å². The molecule has 0 amide bonds. The topological polar surface area (TPSA) is 128 Å². The second-order valence-electron chi connectivity index (χ2n) is 15.6. The first kappa shape index (κ1) is 38.6. The molecule has 0 saturated heterocycles. The first-order chi connectivity index (χ1) is 19.2. The van der Waals surface area contributed by atoms with E-state index in [-0.39, 0.29) is 19.8 Å². The molecule has 0 spiro atoms. The van der Waals surface area contributed by atoms with Gasteiger partial charge in [0.1, 0.15) is 32.0 Å². The normalized spacial score (nSPS) is 15.6. The van der Waals surface area contributed by atoms with Gasteiger partial charge in [0.2, 0.25) is 0 Å². The van der Waals surface area contributed by atoms with Crippen molar-refractivity contribution >= 4 is 66.3 Å². The molecule has 248 valence electrons. The average molecular weight is 710 g/mol. The summed E-state index contributed by atoms with van der Waals surface area (Å²) in [6.07, 6.45) is 2.02. The minimum Gasteiger partial charge on any atom is -0.415 e. The number of aromatic nitrogens is 4. The largest absolute Gasteiger partial charge is 0.455 e. The van der Waals surface area contributed by atoms with Crippen molar-refractivity contribution < 1.29 is 31.1 Å². The molecule has 0 bridgehead atoms. The number of fused-ring (bicyclic) bond motifs is 1. The summed E-state index contributed by atoms with van der Waals surface area (Å²) in [5.41, 5.74) is 1.29. The fourth-order valence-electron chi connectivity index (χ4n) is 3.62. The van der Waals surface area contributed by atoms with Crippen LogP contribution < -0.4 is 4.98 Å². The lowest BCUT2D eigenvalue weighted by atomic mass is 10.4. The smallest absolute Gasteiger partial charge is 0.415 e. The molecule has 2 rings (SSSR count). The van der Waals surface area contributed by atoms with Gasteiger partial charge in [0.15, 0.2) is 45.1 Å². The minimum atomic E-state index is -3.86. The van der Waals surface area contributed by atoms with Crippen molar-refractivity contribution in [3.63, 3.8) is 0 Å². The van der Waals surface area contributed by atoms with Gasteiger partial charge < -0.3 is 27.0 Å². The van der Waals surface area contributed by atoms with E-state index in [1.54, 1.807) is 6.33 Å². The predicted molar refractivity (Wildman–Crippen MR) is 187 cm³/mol. The number of ether oxygens (including phenoxy) is 1. The Kier molecular flexibility index (Phi) is 13.0. The lowest BCUT2D eigenvalue weighted by Gasteiger charge is -2.33. The summed E-state index contributed by atoms with van der Waals surface area (Å²) in [5.74, 6) is 0.697. The summed E-state index contributed by atoms with van der Waals surface area (Å²) >= 11 is 0. The van der Waals surface area contributed by atoms with E-state index in [1.165, 1.54) is 6.33 Å². The lowest BCUT2D eigenvalue weighted by Crippen LogP contribution is -2.38. The van der Waals surface area contributed by atoms with E-state index < -0.39 is 61.7 Å². The fourth-order valence-corrected chi connectivity index (χ4v) is 12.5. The fraction of sp³-hybridized carbons (Fsp3) is 0.800. The quantitative estimate of drug-likeness (QED) is 0.122. The Balaban J connectivity index is 2.48. The monoisotopic (exact) mass is 709 g/mol. The summed E-state index contributed by atoms with van der Waals surface area (Å²) in [7, 11) is -14.0. The van der Waals surface area contributed by atoms with Crippen LogP contribution in [-0.4, -0.2) is 86.9 Å². The molecular formula is C25H56N5O7PSi5. The molecule has 0 saturated carbocycles. The Hall–Kier alpha value is -0.576. The van der Waals surface area contributed by atoms with E-state index in [0.717, 1.165) is 0 Å². The maximum Gasteiger partial charge on any atom is 0.455 e. The van der Waals surface area contributed by atoms with Gasteiger partial charge in [-0.1, -0.05) is 19.6 Å². The minimum absolute atomic E-state index is 0.0514. The van der Waals surface area contributed by atoms with Crippen LogP contribution in [0.15, 0.2) is 12.7 Å². The maximum atomic E-state index is 13.9. The Morgan fingerprint density at radius 1 is 0.744 bits per heavy atom. The molecule has 0 fully saturated rings. The zero-order valence-electron chi connectivity index (χ0n) is 29.0. The predicted octanol–water partition coefficient (Wildman–Crippen LogP) is 7.49. The molecule has 2 heterocycles. The van der Waals surface area contributed by atoms with Crippen molar-refractivity contribution in [3.8, 4) is 0 Å². The van der Waals surface area contributed by atoms with Crippen molar-refractivity contribution in [2.24, 2.45) is 0 Å². The summed E-state index contributed by atoms with van der Waals surface area (Å²) < 4.78 is 53.2. The molecule has 2 unspecified atom stereocenters. The molecular weight excluding hydrogens is 654 g/mol. The molecule has 1 N–H and O–H groups in total. The third-order valence-corrected chi connectivity index (χ3v) is 14.8. The van der Waals surface area contributed by atoms with Gasteiger partial charge in [-0.15, -0.1) is 0 Å². The molecule has 0 aliphatic rings. The summed E-state index contributed by atoms with van der Waals surface area (Å²) in [6.45, 7) is 31.5. The molecule has 0 aromatic carbocycles. The van der Waals surface area contributed by atoms with Crippen LogP contribution in [0.25, 0.3) is 11.2 Å². The second-order valence-corrected chi connectivity index (χ2v) is 40.5. The van der Waals surface area contributed by atoms with Crippen LogP contribution in [0, 0.1) is 0 Å². The van der Waals surface area contributed by atoms with E-state index in [2.05, 4.69) is 78.9 Å². The first-order valence-corrected chi connectivity index (χ1v) is 33.4. The van der Waals surface area contributed by atoms with E-state index in [0.29, 0.717) is 17.0 Å². The van der Waals surface area contributed by atoms with E-state index in [4.69, 9.17) is 26.5 Å². The van der Waals surface area contributed by atoms with Crippen molar-refractivity contribution in [1.29, 1.82) is 0 Å². The summed E-state index contributed by atoms with van der Waals surface area (Å²) in [6, 6.07) is 0. The number of phosphoric acid groups is 1. The van der Waals surface area contributed by atoms with Gasteiger partial charge in [-0.2, -0.15) is 0 Å². The zero-order chi connectivity index (χ0) is 33.1. The molecule has 0 aliphatic carbocycles. The highest BCUT2D eigenvalue weighted by Gasteiger charge is 2.39. The number of hydrogen-bond acceptors (Lipinski definition) is 11. The van der Waals surface area contributed by atoms with Crippen molar-refractivity contribution in [3.05, 3.63) is 12.7 Å². The van der Waals surface area contributed by atoms with E-state index >= 15 is 0 Å². The molecule has 2 aromatic rings. The summed E-state index contributed by atoms with van der Waals surface area (Å²) in [5, 5.41) is 0. The SMILES string of the molecule is C[Si](C)(C)Nc1ncnc2c1ncn2C(CO[Si](C)(C)C)OC(CO[Si](C)(C)C)COP(=O)(O[Si](C)(C)C)O[Si](C)(C)C. The van der Waals surface area contributed by atoms with Gasteiger partial charge in [-0.3, -0.25) is 9.09 Å². The van der Waals surface area contributed by atoms with Crippen LogP contribution in [0.2, 0.25) is 98.2 Å². The van der Waals surface area contributed by atoms with Crippen molar-refractivity contribution in [2.75, 3.05) is 24.8 Å². The van der Waals surface area contributed by atoms with Gasteiger partial charge in [0, 0.05) is 0 Å². The number of hydrogen-bond donors (Lipinski definition) is 1. The average Bonchev–Trinajstić information content (AvgIpc) is 3.18. The van der Waals surface area contributed by atoms with Crippen LogP contribution in [0.5, 0.6) is 0 Å². The van der Waals surface area contributed by atoms with Gasteiger partial charge in [0.05, 0.1) is 26.1 Å². The lowest BCUT2D eigenvalue weighted by molar-refractivity contribution is -0.104. The zero-order valence-corrected chi connectivity index (χ0v) is 34.9. The van der Waals surface area contributed by atoms with Crippen molar-refractivity contribution in [2.45, 2.75) is 111 Å².